The number of ether oxygens (including phenoxy) is 1. The van der Waals surface area contributed by atoms with Gasteiger partial charge in [0.25, 0.3) is 0 Å². The zero-order chi connectivity index (χ0) is 13.1. The second-order valence-electron chi connectivity index (χ2n) is 3.55. The number of nitrogens with two attached hydrogens (primary N) is 1. The molecule has 7 heteroatoms. The van der Waals surface area contributed by atoms with Crippen molar-refractivity contribution in [3.8, 4) is 0 Å². The molecular formula is C10H13Cl2NO3S. The Kier molecular flexibility index (Phi) is 5.22. The van der Waals surface area contributed by atoms with E-state index < -0.39 is 15.9 Å². The molecule has 1 aromatic rings. The van der Waals surface area contributed by atoms with Crippen LogP contribution in [0.5, 0.6) is 0 Å². The van der Waals surface area contributed by atoms with Crippen LogP contribution in [0, 0.1) is 0 Å². The Balaban J connectivity index is 3.06. The van der Waals surface area contributed by atoms with E-state index in [1.807, 2.05) is 0 Å². The van der Waals surface area contributed by atoms with Gasteiger partial charge in [0.15, 0.2) is 9.84 Å². The largest absolute Gasteiger partial charge is 0.383 e. The van der Waals surface area contributed by atoms with E-state index in [0.717, 1.165) is 0 Å². The molecule has 0 aromatic heterocycles. The zero-order valence-electron chi connectivity index (χ0n) is 9.19. The maximum Gasteiger partial charge on any atom is 0.182 e. The van der Waals surface area contributed by atoms with Gasteiger partial charge in [-0.3, -0.25) is 0 Å². The number of sulfone groups is 1. The highest BCUT2D eigenvalue weighted by Crippen LogP contribution is 2.29. The fourth-order valence-electron chi connectivity index (χ4n) is 1.41. The molecule has 1 aromatic carbocycles. The van der Waals surface area contributed by atoms with Gasteiger partial charge in [0.2, 0.25) is 0 Å². The fraction of sp³-hybridized carbons (Fsp3) is 0.400. The minimum absolute atomic E-state index is 0.0742. The average Bonchev–Trinajstić information content (AvgIpc) is 2.15. The fourth-order valence-corrected chi connectivity index (χ4v) is 4.07. The Bertz CT molecular complexity index is 470. The van der Waals surface area contributed by atoms with Crippen LogP contribution in [0.1, 0.15) is 0 Å². The molecule has 0 saturated heterocycles. The van der Waals surface area contributed by atoms with Crippen molar-refractivity contribution in [2.45, 2.75) is 10.9 Å². The summed E-state index contributed by atoms with van der Waals surface area (Å²) in [5.74, 6) is -0.260. The summed E-state index contributed by atoms with van der Waals surface area (Å²) in [4.78, 5) is -0.0742. The minimum atomic E-state index is -3.61. The molecule has 0 spiro atoms. The van der Waals surface area contributed by atoms with Gasteiger partial charge in [0, 0.05) is 13.2 Å². The summed E-state index contributed by atoms with van der Waals surface area (Å²) in [6, 6.07) is 3.92. The van der Waals surface area contributed by atoms with Crippen LogP contribution in [0.4, 0.5) is 0 Å². The smallest absolute Gasteiger partial charge is 0.182 e. The zero-order valence-corrected chi connectivity index (χ0v) is 11.5. The van der Waals surface area contributed by atoms with E-state index in [2.05, 4.69) is 0 Å². The molecular weight excluding hydrogens is 285 g/mol. The van der Waals surface area contributed by atoms with Gasteiger partial charge in [-0.05, 0) is 12.1 Å². The molecule has 0 radical (unpaired) electrons. The van der Waals surface area contributed by atoms with Gasteiger partial charge in [-0.25, -0.2) is 8.42 Å². The van der Waals surface area contributed by atoms with E-state index >= 15 is 0 Å². The van der Waals surface area contributed by atoms with Crippen LogP contribution in [-0.4, -0.2) is 33.9 Å². The van der Waals surface area contributed by atoms with Crippen molar-refractivity contribution in [1.82, 2.24) is 0 Å². The SMILES string of the molecule is COCC(N)CS(=O)(=O)c1c(Cl)cccc1Cl. The molecule has 0 fully saturated rings. The van der Waals surface area contributed by atoms with Gasteiger partial charge >= 0.3 is 0 Å². The van der Waals surface area contributed by atoms with E-state index in [-0.39, 0.29) is 27.3 Å². The summed E-state index contributed by atoms with van der Waals surface area (Å²) in [6.07, 6.45) is 0. The lowest BCUT2D eigenvalue weighted by molar-refractivity contribution is 0.186. The predicted molar refractivity (Wildman–Crippen MR) is 68.4 cm³/mol. The van der Waals surface area contributed by atoms with Crippen LogP contribution >= 0.6 is 23.2 Å². The van der Waals surface area contributed by atoms with Crippen molar-refractivity contribution in [1.29, 1.82) is 0 Å². The molecule has 0 aliphatic carbocycles. The van der Waals surface area contributed by atoms with Gasteiger partial charge in [-0.15, -0.1) is 0 Å². The summed E-state index contributed by atoms with van der Waals surface area (Å²) in [7, 11) is -2.16. The molecule has 1 rings (SSSR count). The van der Waals surface area contributed by atoms with Crippen molar-refractivity contribution < 1.29 is 13.2 Å². The third kappa shape index (κ3) is 3.82. The average molecular weight is 298 g/mol. The number of hydrogen-bond acceptors (Lipinski definition) is 4. The summed E-state index contributed by atoms with van der Waals surface area (Å²) in [6.45, 7) is 0.154. The monoisotopic (exact) mass is 297 g/mol. The molecule has 1 unspecified atom stereocenters. The maximum atomic E-state index is 12.1. The number of rotatable bonds is 5. The summed E-state index contributed by atoms with van der Waals surface area (Å²) in [5.41, 5.74) is 5.62. The number of benzene rings is 1. The molecule has 0 aliphatic rings. The van der Waals surface area contributed by atoms with E-state index in [0.29, 0.717) is 0 Å². The highest BCUT2D eigenvalue weighted by molar-refractivity contribution is 7.91. The molecule has 0 saturated carbocycles. The predicted octanol–water partition coefficient (Wildman–Crippen LogP) is 1.74. The summed E-state index contributed by atoms with van der Waals surface area (Å²) < 4.78 is 28.9. The van der Waals surface area contributed by atoms with E-state index in [4.69, 9.17) is 33.7 Å². The molecule has 0 bridgehead atoms. The van der Waals surface area contributed by atoms with Gasteiger partial charge in [0.05, 0.1) is 22.4 Å². The Morgan fingerprint density at radius 2 is 1.88 bits per heavy atom. The molecule has 0 aliphatic heterocycles. The standard InChI is InChI=1S/C10H13Cl2NO3S/c1-16-5-7(13)6-17(14,15)10-8(11)3-2-4-9(10)12/h2-4,7H,5-6,13H2,1H3. The Hall–Kier alpha value is -0.330. The van der Waals surface area contributed by atoms with Crippen LogP contribution in [0.15, 0.2) is 23.1 Å². The molecule has 0 amide bonds. The molecule has 96 valence electrons. The first kappa shape index (κ1) is 14.7. The topological polar surface area (TPSA) is 69.4 Å². The third-order valence-electron chi connectivity index (χ3n) is 2.04. The highest BCUT2D eigenvalue weighted by atomic mass is 35.5. The van der Waals surface area contributed by atoms with Gasteiger partial charge in [-0.2, -0.15) is 0 Å². The van der Waals surface area contributed by atoms with Crippen LogP contribution in [0.3, 0.4) is 0 Å². The lowest BCUT2D eigenvalue weighted by atomic mass is 10.4. The van der Waals surface area contributed by atoms with Crippen molar-refractivity contribution in [3.63, 3.8) is 0 Å². The third-order valence-corrected chi connectivity index (χ3v) is 4.83. The quantitative estimate of drug-likeness (QED) is 0.899. The highest BCUT2D eigenvalue weighted by Gasteiger charge is 2.24. The maximum absolute atomic E-state index is 12.1. The summed E-state index contributed by atoms with van der Waals surface area (Å²) >= 11 is 11.7. The number of halogens is 2. The van der Waals surface area contributed by atoms with Gasteiger partial charge in [-0.1, -0.05) is 29.3 Å². The molecule has 4 nitrogen and oxygen atoms in total. The van der Waals surface area contributed by atoms with Crippen LogP contribution in [0.25, 0.3) is 0 Å². The normalized spacial score (nSPS) is 13.6. The van der Waals surface area contributed by atoms with E-state index in [1.54, 1.807) is 6.07 Å². The summed E-state index contributed by atoms with van der Waals surface area (Å²) in [5, 5.41) is 0.198. The second-order valence-corrected chi connectivity index (χ2v) is 6.33. The van der Waals surface area contributed by atoms with Crippen molar-refractivity contribution in [2.24, 2.45) is 5.73 Å². The van der Waals surface area contributed by atoms with Crippen LogP contribution in [0.2, 0.25) is 10.0 Å². The second kappa shape index (κ2) is 6.02. The first-order valence-corrected chi connectivity index (χ1v) is 7.20. The van der Waals surface area contributed by atoms with Crippen molar-refractivity contribution >= 4 is 33.0 Å². The first-order chi connectivity index (χ1) is 7.88. The van der Waals surface area contributed by atoms with Gasteiger partial charge < -0.3 is 10.5 Å². The first-order valence-electron chi connectivity index (χ1n) is 4.79. The van der Waals surface area contributed by atoms with Gasteiger partial charge in [0.1, 0.15) is 4.90 Å². The molecule has 1 atom stereocenters. The molecule has 17 heavy (non-hydrogen) atoms. The number of methoxy groups -OCH3 is 1. The molecule has 2 N–H and O–H groups in total. The lowest BCUT2D eigenvalue weighted by Crippen LogP contribution is -2.33. The van der Waals surface area contributed by atoms with Crippen LogP contribution in [-0.2, 0) is 14.6 Å². The van der Waals surface area contributed by atoms with E-state index in [1.165, 1.54) is 19.2 Å². The Morgan fingerprint density at radius 3 is 2.35 bits per heavy atom. The van der Waals surface area contributed by atoms with Crippen LogP contribution < -0.4 is 5.73 Å². The van der Waals surface area contributed by atoms with Crippen molar-refractivity contribution in [2.75, 3.05) is 19.5 Å². The van der Waals surface area contributed by atoms with Crippen molar-refractivity contribution in [3.05, 3.63) is 28.2 Å². The Morgan fingerprint density at radius 1 is 1.35 bits per heavy atom. The lowest BCUT2D eigenvalue weighted by Gasteiger charge is -2.13. The number of hydrogen-bond donors (Lipinski definition) is 1. The molecule has 0 heterocycles. The Labute approximate surface area is 111 Å². The minimum Gasteiger partial charge on any atom is -0.383 e. The van der Waals surface area contributed by atoms with E-state index in [9.17, 15) is 8.42 Å².